The third-order valence-corrected chi connectivity index (χ3v) is 2.30. The average Bonchev–Trinajstić information content (AvgIpc) is 2.03. The predicted octanol–water partition coefficient (Wildman–Crippen LogP) is 1.67. The third kappa shape index (κ3) is 5.97. The first-order valence-corrected chi connectivity index (χ1v) is 5.42. The van der Waals surface area contributed by atoms with E-state index in [2.05, 4.69) is 19.2 Å². The van der Waals surface area contributed by atoms with Crippen LogP contribution in [-0.4, -0.2) is 18.0 Å². The van der Waals surface area contributed by atoms with Gasteiger partial charge in [0.05, 0.1) is 0 Å². The molecule has 0 aromatic heterocycles. The highest BCUT2D eigenvalue weighted by atomic mass is 16.1. The van der Waals surface area contributed by atoms with Gasteiger partial charge in [0, 0.05) is 18.5 Å². The molecule has 0 saturated heterocycles. The first-order valence-electron chi connectivity index (χ1n) is 5.42. The summed E-state index contributed by atoms with van der Waals surface area (Å²) in [7, 11) is 0. The number of rotatable bonds is 6. The highest BCUT2D eigenvalue weighted by molar-refractivity contribution is 5.76. The molecule has 0 aromatic carbocycles. The maximum absolute atomic E-state index is 11.5. The summed E-state index contributed by atoms with van der Waals surface area (Å²) in [5.74, 6) is 0.579. The summed E-state index contributed by atoms with van der Waals surface area (Å²) in [6.07, 6.45) is 2.85. The molecule has 1 atom stereocenters. The summed E-state index contributed by atoms with van der Waals surface area (Å²) in [6, 6.07) is 0. The van der Waals surface area contributed by atoms with Gasteiger partial charge < -0.3 is 11.1 Å². The Labute approximate surface area is 87.4 Å². The van der Waals surface area contributed by atoms with Crippen molar-refractivity contribution in [1.29, 1.82) is 0 Å². The van der Waals surface area contributed by atoms with Crippen LogP contribution in [0.2, 0.25) is 0 Å². The molecule has 0 spiro atoms. The largest absolute Gasteiger partial charge is 0.350 e. The summed E-state index contributed by atoms with van der Waals surface area (Å²) < 4.78 is 0. The Morgan fingerprint density at radius 2 is 2.07 bits per heavy atom. The zero-order valence-corrected chi connectivity index (χ0v) is 9.89. The highest BCUT2D eigenvalue weighted by Crippen LogP contribution is 2.10. The molecular weight excluding hydrogens is 176 g/mol. The second-order valence-corrected chi connectivity index (χ2v) is 4.73. The van der Waals surface area contributed by atoms with Gasteiger partial charge in [0.25, 0.3) is 0 Å². The molecular formula is C11H24N2O. The van der Waals surface area contributed by atoms with Crippen LogP contribution in [-0.2, 0) is 4.79 Å². The van der Waals surface area contributed by atoms with Gasteiger partial charge >= 0.3 is 0 Å². The number of nitrogens with two attached hydrogens (primary N) is 1. The maximum Gasteiger partial charge on any atom is 0.220 e. The molecule has 84 valence electrons. The van der Waals surface area contributed by atoms with Crippen molar-refractivity contribution in [1.82, 2.24) is 5.32 Å². The van der Waals surface area contributed by atoms with Crippen LogP contribution >= 0.6 is 0 Å². The molecule has 3 heteroatoms. The first-order chi connectivity index (χ1) is 6.41. The van der Waals surface area contributed by atoms with Gasteiger partial charge in [-0.3, -0.25) is 4.79 Å². The lowest BCUT2D eigenvalue weighted by molar-refractivity contribution is -0.123. The quantitative estimate of drug-likeness (QED) is 0.685. The predicted molar refractivity (Wildman–Crippen MR) is 60.0 cm³/mol. The van der Waals surface area contributed by atoms with Crippen LogP contribution in [0.4, 0.5) is 0 Å². The minimum absolute atomic E-state index is 0.112. The van der Waals surface area contributed by atoms with E-state index in [1.165, 1.54) is 0 Å². The third-order valence-electron chi connectivity index (χ3n) is 2.30. The Balaban J connectivity index is 3.86. The highest BCUT2D eigenvalue weighted by Gasteiger charge is 2.19. The van der Waals surface area contributed by atoms with Crippen molar-refractivity contribution < 1.29 is 4.79 Å². The first kappa shape index (κ1) is 13.4. The van der Waals surface area contributed by atoms with E-state index >= 15 is 0 Å². The summed E-state index contributed by atoms with van der Waals surface area (Å²) in [5.41, 5.74) is 5.25. The van der Waals surface area contributed by atoms with E-state index in [1.807, 2.05) is 13.8 Å². The molecule has 0 aliphatic carbocycles. The van der Waals surface area contributed by atoms with Gasteiger partial charge in [-0.25, -0.2) is 0 Å². The molecule has 1 unspecified atom stereocenters. The van der Waals surface area contributed by atoms with Gasteiger partial charge in [0.1, 0.15) is 0 Å². The second-order valence-electron chi connectivity index (χ2n) is 4.73. The Morgan fingerprint density at radius 1 is 1.50 bits per heavy atom. The molecule has 3 nitrogen and oxygen atoms in total. The minimum atomic E-state index is -0.275. The molecule has 14 heavy (non-hydrogen) atoms. The number of carbonyl (C=O) groups excluding carboxylic acids is 1. The van der Waals surface area contributed by atoms with Crippen molar-refractivity contribution in [2.45, 2.75) is 52.5 Å². The van der Waals surface area contributed by atoms with Crippen molar-refractivity contribution in [3.8, 4) is 0 Å². The van der Waals surface area contributed by atoms with Crippen molar-refractivity contribution in [3.05, 3.63) is 0 Å². The van der Waals surface area contributed by atoms with E-state index in [-0.39, 0.29) is 11.4 Å². The van der Waals surface area contributed by atoms with E-state index in [1.54, 1.807) is 0 Å². The van der Waals surface area contributed by atoms with E-state index in [9.17, 15) is 4.79 Å². The molecule has 0 rings (SSSR count). The van der Waals surface area contributed by atoms with Gasteiger partial charge in [0.2, 0.25) is 5.91 Å². The summed E-state index contributed by atoms with van der Waals surface area (Å²) in [4.78, 5) is 11.5. The SMILES string of the molecule is CCCC(C)CC(=O)NC(C)(C)CN. The van der Waals surface area contributed by atoms with Crippen LogP contribution in [0.5, 0.6) is 0 Å². The smallest absolute Gasteiger partial charge is 0.220 e. The molecule has 0 fully saturated rings. The van der Waals surface area contributed by atoms with Crippen LogP contribution in [0.3, 0.4) is 0 Å². The standard InChI is InChI=1S/C11H24N2O/c1-5-6-9(2)7-10(14)13-11(3,4)8-12/h9H,5-8,12H2,1-4H3,(H,13,14). The number of carbonyl (C=O) groups is 1. The lowest BCUT2D eigenvalue weighted by Gasteiger charge is -2.25. The lowest BCUT2D eigenvalue weighted by Crippen LogP contribution is -2.49. The summed E-state index contributed by atoms with van der Waals surface area (Å²) in [6.45, 7) is 8.60. The monoisotopic (exact) mass is 200 g/mol. The van der Waals surface area contributed by atoms with Crippen LogP contribution in [0, 0.1) is 5.92 Å². The van der Waals surface area contributed by atoms with E-state index in [4.69, 9.17) is 5.73 Å². The van der Waals surface area contributed by atoms with Crippen molar-refractivity contribution in [3.63, 3.8) is 0 Å². The van der Waals surface area contributed by atoms with Crippen molar-refractivity contribution in [2.24, 2.45) is 11.7 Å². The molecule has 0 radical (unpaired) electrons. The van der Waals surface area contributed by atoms with Gasteiger partial charge in [-0.2, -0.15) is 0 Å². The molecule has 0 aliphatic rings. The summed E-state index contributed by atoms with van der Waals surface area (Å²) >= 11 is 0. The zero-order valence-electron chi connectivity index (χ0n) is 9.89. The fourth-order valence-corrected chi connectivity index (χ4v) is 1.39. The van der Waals surface area contributed by atoms with Crippen molar-refractivity contribution >= 4 is 5.91 Å². The molecule has 0 saturated carbocycles. The minimum Gasteiger partial charge on any atom is -0.350 e. The number of hydrogen-bond donors (Lipinski definition) is 2. The number of amides is 1. The van der Waals surface area contributed by atoms with Gasteiger partial charge in [-0.15, -0.1) is 0 Å². The Hall–Kier alpha value is -0.570. The number of hydrogen-bond acceptors (Lipinski definition) is 2. The fraction of sp³-hybridized carbons (Fsp3) is 0.909. The number of nitrogens with one attached hydrogen (secondary N) is 1. The fourth-order valence-electron chi connectivity index (χ4n) is 1.39. The van der Waals surface area contributed by atoms with Crippen LogP contribution in [0.25, 0.3) is 0 Å². The van der Waals surface area contributed by atoms with E-state index in [0.717, 1.165) is 12.8 Å². The van der Waals surface area contributed by atoms with Crippen LogP contribution in [0.1, 0.15) is 47.0 Å². The second kappa shape index (κ2) is 6.02. The Kier molecular flexibility index (Phi) is 5.77. The van der Waals surface area contributed by atoms with E-state index in [0.29, 0.717) is 18.9 Å². The summed E-state index contributed by atoms with van der Waals surface area (Å²) in [5, 5.41) is 2.93. The molecule has 1 amide bonds. The molecule has 0 aliphatic heterocycles. The lowest BCUT2D eigenvalue weighted by atomic mass is 10.00. The zero-order chi connectivity index (χ0) is 11.2. The van der Waals surface area contributed by atoms with Crippen LogP contribution < -0.4 is 11.1 Å². The molecule has 3 N–H and O–H groups in total. The normalized spacial score (nSPS) is 13.8. The molecule has 0 aromatic rings. The van der Waals surface area contributed by atoms with E-state index < -0.39 is 0 Å². The topological polar surface area (TPSA) is 55.1 Å². The van der Waals surface area contributed by atoms with Gasteiger partial charge in [0.15, 0.2) is 0 Å². The maximum atomic E-state index is 11.5. The Morgan fingerprint density at radius 3 is 2.50 bits per heavy atom. The van der Waals surface area contributed by atoms with Gasteiger partial charge in [-0.05, 0) is 19.8 Å². The van der Waals surface area contributed by atoms with Gasteiger partial charge in [-0.1, -0.05) is 26.7 Å². The molecule has 0 heterocycles. The van der Waals surface area contributed by atoms with Crippen LogP contribution in [0.15, 0.2) is 0 Å². The average molecular weight is 200 g/mol. The Bertz CT molecular complexity index is 178. The molecule has 0 bridgehead atoms. The van der Waals surface area contributed by atoms with Crippen molar-refractivity contribution in [2.75, 3.05) is 6.54 Å².